The van der Waals surface area contributed by atoms with Gasteiger partial charge >= 0.3 is 0 Å². The first-order chi connectivity index (χ1) is 12.1. The van der Waals surface area contributed by atoms with Gasteiger partial charge in [-0.25, -0.2) is 0 Å². The highest BCUT2D eigenvalue weighted by molar-refractivity contribution is 5.96. The molecule has 7 nitrogen and oxygen atoms in total. The maximum absolute atomic E-state index is 12.6. The minimum absolute atomic E-state index is 0. The number of rotatable bonds is 5. The fourth-order valence-corrected chi connectivity index (χ4v) is 2.99. The number of nitrogens with one attached hydrogen (secondary N) is 1. The zero-order chi connectivity index (χ0) is 17.8. The summed E-state index contributed by atoms with van der Waals surface area (Å²) < 4.78 is 0. The third kappa shape index (κ3) is 4.30. The van der Waals surface area contributed by atoms with E-state index in [0.29, 0.717) is 36.8 Å². The number of likely N-dealkylation sites (tertiary alicyclic amines) is 1. The molecule has 3 rings (SSSR count). The van der Waals surface area contributed by atoms with Crippen LogP contribution in [0.5, 0.6) is 0 Å². The highest BCUT2D eigenvalue weighted by atomic mass is 35.5. The van der Waals surface area contributed by atoms with Gasteiger partial charge < -0.3 is 16.0 Å². The van der Waals surface area contributed by atoms with Gasteiger partial charge in [-0.1, -0.05) is 18.2 Å². The van der Waals surface area contributed by atoms with Crippen LogP contribution in [0.4, 0.5) is 17.1 Å². The lowest BCUT2D eigenvalue weighted by Crippen LogP contribution is -2.29. The third-order valence-corrected chi connectivity index (χ3v) is 4.40. The molecule has 1 atom stereocenters. The standard InChI is InChI=1S/C18H20N4O3.ClH/c19-11-13-8-9-21(12-13)18(23)14-6-7-16(17(10-14)22(24)25)20-15-4-2-1-3-5-15;/h1-7,10,13,20H,8-9,11-12,19H2;1H. The van der Waals surface area contributed by atoms with Crippen molar-refractivity contribution in [1.29, 1.82) is 0 Å². The number of amides is 1. The first-order valence-corrected chi connectivity index (χ1v) is 8.18. The quantitative estimate of drug-likeness (QED) is 0.616. The number of benzene rings is 2. The van der Waals surface area contributed by atoms with Gasteiger partial charge in [-0.2, -0.15) is 0 Å². The number of hydrogen-bond acceptors (Lipinski definition) is 5. The molecule has 1 fully saturated rings. The zero-order valence-corrected chi connectivity index (χ0v) is 14.9. The van der Waals surface area contributed by atoms with Gasteiger partial charge in [0.2, 0.25) is 0 Å². The van der Waals surface area contributed by atoms with Crippen molar-refractivity contribution in [3.63, 3.8) is 0 Å². The molecule has 3 N–H and O–H groups in total. The number of anilines is 2. The van der Waals surface area contributed by atoms with Crippen LogP contribution in [0.15, 0.2) is 48.5 Å². The van der Waals surface area contributed by atoms with Gasteiger partial charge in [0.25, 0.3) is 11.6 Å². The molecule has 0 saturated carbocycles. The lowest BCUT2D eigenvalue weighted by atomic mass is 10.1. The van der Waals surface area contributed by atoms with Gasteiger partial charge in [0, 0.05) is 30.4 Å². The smallest absolute Gasteiger partial charge is 0.293 e. The minimum atomic E-state index is -0.477. The van der Waals surface area contributed by atoms with Gasteiger partial charge in [-0.3, -0.25) is 14.9 Å². The van der Waals surface area contributed by atoms with Crippen molar-refractivity contribution in [2.24, 2.45) is 11.7 Å². The number of carbonyl (C=O) groups excluding carboxylic acids is 1. The van der Waals surface area contributed by atoms with Crippen molar-refractivity contribution < 1.29 is 9.72 Å². The van der Waals surface area contributed by atoms with Crippen LogP contribution >= 0.6 is 12.4 Å². The summed E-state index contributed by atoms with van der Waals surface area (Å²) in [6, 6.07) is 13.7. The number of nitrogens with two attached hydrogens (primary N) is 1. The molecule has 1 aliphatic rings. The van der Waals surface area contributed by atoms with Crippen molar-refractivity contribution in [2.45, 2.75) is 6.42 Å². The Morgan fingerprint density at radius 3 is 2.62 bits per heavy atom. The molecule has 1 saturated heterocycles. The second kappa shape index (κ2) is 8.64. The molecule has 1 amide bonds. The second-order valence-corrected chi connectivity index (χ2v) is 6.12. The third-order valence-electron chi connectivity index (χ3n) is 4.40. The number of nitro benzene ring substituents is 1. The first-order valence-electron chi connectivity index (χ1n) is 8.18. The molecule has 0 bridgehead atoms. The van der Waals surface area contributed by atoms with Crippen LogP contribution in [-0.4, -0.2) is 35.4 Å². The van der Waals surface area contributed by atoms with Crippen molar-refractivity contribution in [2.75, 3.05) is 25.0 Å². The molecular weight excluding hydrogens is 356 g/mol. The summed E-state index contributed by atoms with van der Waals surface area (Å²) in [4.78, 5) is 25.3. The molecule has 138 valence electrons. The summed E-state index contributed by atoms with van der Waals surface area (Å²) in [7, 11) is 0. The van der Waals surface area contributed by atoms with E-state index in [0.717, 1.165) is 12.1 Å². The Morgan fingerprint density at radius 1 is 1.27 bits per heavy atom. The van der Waals surface area contributed by atoms with Crippen LogP contribution in [0.2, 0.25) is 0 Å². The Morgan fingerprint density at radius 2 is 2.00 bits per heavy atom. The summed E-state index contributed by atoms with van der Waals surface area (Å²) in [5, 5.41) is 14.5. The fourth-order valence-electron chi connectivity index (χ4n) is 2.99. The second-order valence-electron chi connectivity index (χ2n) is 6.12. The van der Waals surface area contributed by atoms with E-state index in [1.165, 1.54) is 6.07 Å². The molecule has 8 heteroatoms. The number of carbonyl (C=O) groups is 1. The van der Waals surface area contributed by atoms with E-state index >= 15 is 0 Å². The van der Waals surface area contributed by atoms with Crippen LogP contribution in [0, 0.1) is 16.0 Å². The predicted molar refractivity (Wildman–Crippen MR) is 103 cm³/mol. The lowest BCUT2D eigenvalue weighted by Gasteiger charge is -2.16. The van der Waals surface area contributed by atoms with Crippen LogP contribution in [0.25, 0.3) is 0 Å². The molecule has 2 aromatic carbocycles. The molecule has 0 aliphatic carbocycles. The normalized spacial score (nSPS) is 16.0. The molecule has 2 aromatic rings. The Labute approximate surface area is 157 Å². The molecule has 1 aliphatic heterocycles. The van der Waals surface area contributed by atoms with Crippen molar-refractivity contribution in [3.05, 3.63) is 64.2 Å². The summed E-state index contributed by atoms with van der Waals surface area (Å²) in [6.45, 7) is 1.79. The Hall–Kier alpha value is -2.64. The van der Waals surface area contributed by atoms with Gasteiger partial charge in [0.15, 0.2) is 0 Å². The van der Waals surface area contributed by atoms with Crippen LogP contribution in [0.1, 0.15) is 16.8 Å². The Bertz CT molecular complexity index is 785. The van der Waals surface area contributed by atoms with E-state index in [-0.39, 0.29) is 24.0 Å². The largest absolute Gasteiger partial charge is 0.350 e. The summed E-state index contributed by atoms with van der Waals surface area (Å²) >= 11 is 0. The average Bonchev–Trinajstić information content (AvgIpc) is 3.11. The zero-order valence-electron chi connectivity index (χ0n) is 14.1. The highest BCUT2D eigenvalue weighted by Gasteiger charge is 2.27. The predicted octanol–water partition coefficient (Wildman–Crippen LogP) is 3.18. The molecule has 1 unspecified atom stereocenters. The van der Waals surface area contributed by atoms with Crippen LogP contribution in [-0.2, 0) is 0 Å². The minimum Gasteiger partial charge on any atom is -0.350 e. The maximum atomic E-state index is 12.6. The van der Waals surface area contributed by atoms with Crippen molar-refractivity contribution in [1.82, 2.24) is 4.90 Å². The number of hydrogen-bond donors (Lipinski definition) is 2. The molecule has 0 spiro atoms. The molecule has 1 heterocycles. The number of nitrogens with zero attached hydrogens (tertiary/aromatic N) is 2. The molecule has 0 radical (unpaired) electrons. The van der Waals surface area contributed by atoms with E-state index < -0.39 is 4.92 Å². The Kier molecular flexibility index (Phi) is 6.54. The molecule has 26 heavy (non-hydrogen) atoms. The number of halogens is 1. The van der Waals surface area contributed by atoms with Gasteiger partial charge in [-0.15, -0.1) is 12.4 Å². The number of nitro groups is 1. The summed E-state index contributed by atoms with van der Waals surface area (Å²) in [5.41, 5.74) is 6.96. The van der Waals surface area contributed by atoms with Crippen LogP contribution in [0.3, 0.4) is 0 Å². The lowest BCUT2D eigenvalue weighted by molar-refractivity contribution is -0.383. The van der Waals surface area contributed by atoms with E-state index in [1.54, 1.807) is 17.0 Å². The average molecular weight is 377 g/mol. The van der Waals surface area contributed by atoms with E-state index in [9.17, 15) is 14.9 Å². The molecular formula is C18H21ClN4O3. The highest BCUT2D eigenvalue weighted by Crippen LogP contribution is 2.29. The SMILES string of the molecule is Cl.NCC1CCN(C(=O)c2ccc(Nc3ccccc3)c([N+](=O)[O-])c2)C1. The van der Waals surface area contributed by atoms with Crippen LogP contribution < -0.4 is 11.1 Å². The summed E-state index contributed by atoms with van der Waals surface area (Å²) in [5.74, 6) is 0.114. The summed E-state index contributed by atoms with van der Waals surface area (Å²) in [6.07, 6.45) is 0.873. The Balaban J connectivity index is 0.00000243. The maximum Gasteiger partial charge on any atom is 0.293 e. The first kappa shape index (κ1) is 19.7. The van der Waals surface area contributed by atoms with Crippen molar-refractivity contribution >= 4 is 35.4 Å². The van der Waals surface area contributed by atoms with Gasteiger partial charge in [0.05, 0.1) is 4.92 Å². The topological polar surface area (TPSA) is 102 Å². The van der Waals surface area contributed by atoms with Gasteiger partial charge in [-0.05, 0) is 43.1 Å². The van der Waals surface area contributed by atoms with Gasteiger partial charge in [0.1, 0.15) is 5.69 Å². The molecule has 0 aromatic heterocycles. The fraction of sp³-hybridized carbons (Fsp3) is 0.278. The van der Waals surface area contributed by atoms with E-state index in [2.05, 4.69) is 5.32 Å². The van der Waals surface area contributed by atoms with E-state index in [4.69, 9.17) is 5.73 Å². The monoisotopic (exact) mass is 376 g/mol. The number of para-hydroxylation sites is 1. The van der Waals surface area contributed by atoms with E-state index in [1.807, 2.05) is 30.3 Å². The van der Waals surface area contributed by atoms with Crippen molar-refractivity contribution in [3.8, 4) is 0 Å².